The van der Waals surface area contributed by atoms with Crippen LogP contribution in [0.25, 0.3) is 10.8 Å². The van der Waals surface area contributed by atoms with Gasteiger partial charge in [0.05, 0.1) is 5.69 Å². The number of urea groups is 1. The van der Waals surface area contributed by atoms with Gasteiger partial charge in [0.1, 0.15) is 0 Å². The summed E-state index contributed by atoms with van der Waals surface area (Å²) >= 11 is 0. The van der Waals surface area contributed by atoms with Crippen molar-refractivity contribution in [2.24, 2.45) is 0 Å². The van der Waals surface area contributed by atoms with E-state index in [-0.39, 0.29) is 12.8 Å². The summed E-state index contributed by atoms with van der Waals surface area (Å²) in [7, 11) is 1.77. The van der Waals surface area contributed by atoms with E-state index in [1.165, 1.54) is 0 Å². The maximum absolute atomic E-state index is 12.6. The molecular formula is C20H18N2O3. The van der Waals surface area contributed by atoms with Crippen molar-refractivity contribution in [2.45, 2.75) is 6.54 Å². The summed E-state index contributed by atoms with van der Waals surface area (Å²) in [5, 5.41) is 5.11. The van der Waals surface area contributed by atoms with Crippen molar-refractivity contribution in [2.75, 3.05) is 19.2 Å². The monoisotopic (exact) mass is 334 g/mol. The average Bonchev–Trinajstić information content (AvgIpc) is 3.10. The van der Waals surface area contributed by atoms with Crippen LogP contribution in [-0.2, 0) is 6.54 Å². The molecule has 3 aromatic rings. The number of rotatable bonds is 3. The highest BCUT2D eigenvalue weighted by molar-refractivity contribution is 6.01. The molecule has 126 valence electrons. The third-order valence-corrected chi connectivity index (χ3v) is 4.23. The lowest BCUT2D eigenvalue weighted by molar-refractivity contribution is 0.174. The van der Waals surface area contributed by atoms with Gasteiger partial charge in [-0.25, -0.2) is 4.79 Å². The van der Waals surface area contributed by atoms with Crippen molar-refractivity contribution >= 4 is 22.5 Å². The van der Waals surface area contributed by atoms with Crippen LogP contribution in [0.2, 0.25) is 0 Å². The fourth-order valence-electron chi connectivity index (χ4n) is 2.93. The second-order valence-electron chi connectivity index (χ2n) is 6.00. The Bertz CT molecular complexity index is 934. The first-order valence-corrected chi connectivity index (χ1v) is 8.09. The molecule has 1 aliphatic rings. The van der Waals surface area contributed by atoms with Gasteiger partial charge in [-0.1, -0.05) is 42.5 Å². The van der Waals surface area contributed by atoms with Crippen LogP contribution < -0.4 is 14.8 Å². The maximum atomic E-state index is 12.6. The maximum Gasteiger partial charge on any atom is 0.321 e. The van der Waals surface area contributed by atoms with Gasteiger partial charge in [0.25, 0.3) is 0 Å². The lowest BCUT2D eigenvalue weighted by Crippen LogP contribution is -2.30. The minimum atomic E-state index is -0.158. The molecule has 0 saturated heterocycles. The first-order chi connectivity index (χ1) is 12.2. The van der Waals surface area contributed by atoms with Gasteiger partial charge in [-0.15, -0.1) is 0 Å². The summed E-state index contributed by atoms with van der Waals surface area (Å²) in [5.41, 5.74) is 1.79. The van der Waals surface area contributed by atoms with Crippen LogP contribution >= 0.6 is 0 Å². The number of nitrogens with zero attached hydrogens (tertiary/aromatic N) is 1. The van der Waals surface area contributed by atoms with Crippen molar-refractivity contribution in [3.8, 4) is 11.5 Å². The number of anilines is 1. The third-order valence-electron chi connectivity index (χ3n) is 4.23. The molecular weight excluding hydrogens is 316 g/mol. The molecule has 0 fully saturated rings. The van der Waals surface area contributed by atoms with E-state index in [1.54, 1.807) is 11.9 Å². The van der Waals surface area contributed by atoms with Crippen LogP contribution in [0.4, 0.5) is 10.5 Å². The van der Waals surface area contributed by atoms with E-state index in [9.17, 15) is 4.79 Å². The molecule has 1 heterocycles. The largest absolute Gasteiger partial charge is 0.454 e. The zero-order chi connectivity index (χ0) is 17.2. The summed E-state index contributed by atoms with van der Waals surface area (Å²) in [4.78, 5) is 14.2. The van der Waals surface area contributed by atoms with Crippen molar-refractivity contribution in [1.29, 1.82) is 0 Å². The van der Waals surface area contributed by atoms with Gasteiger partial charge in [-0.05, 0) is 29.1 Å². The molecule has 1 aliphatic heterocycles. The number of benzene rings is 3. The smallest absolute Gasteiger partial charge is 0.321 e. The lowest BCUT2D eigenvalue weighted by Gasteiger charge is -2.19. The average molecular weight is 334 g/mol. The Kier molecular flexibility index (Phi) is 3.90. The number of amides is 2. The van der Waals surface area contributed by atoms with Gasteiger partial charge < -0.3 is 19.7 Å². The first kappa shape index (κ1) is 15.3. The SMILES string of the molecule is CN(Cc1ccc2c(c1)OCO2)C(=O)Nc1cccc2ccccc12. The van der Waals surface area contributed by atoms with Crippen LogP contribution in [0.15, 0.2) is 60.7 Å². The predicted octanol–water partition coefficient (Wildman–Crippen LogP) is 4.23. The van der Waals surface area contributed by atoms with E-state index < -0.39 is 0 Å². The standard InChI is InChI=1S/C20H18N2O3/c1-22(12-14-9-10-18-19(11-14)25-13-24-18)20(23)21-17-8-4-6-15-5-2-3-7-16(15)17/h2-11H,12-13H2,1H3,(H,21,23). The molecule has 0 atom stereocenters. The highest BCUT2D eigenvalue weighted by Gasteiger charge is 2.16. The van der Waals surface area contributed by atoms with Gasteiger partial charge in [0, 0.05) is 19.0 Å². The van der Waals surface area contributed by atoms with E-state index >= 15 is 0 Å². The molecule has 5 nitrogen and oxygen atoms in total. The van der Waals surface area contributed by atoms with Crippen LogP contribution in [0, 0.1) is 0 Å². The Morgan fingerprint density at radius 1 is 1.04 bits per heavy atom. The van der Waals surface area contributed by atoms with E-state index in [4.69, 9.17) is 9.47 Å². The minimum Gasteiger partial charge on any atom is -0.454 e. The summed E-state index contributed by atoms with van der Waals surface area (Å²) in [6, 6.07) is 19.4. The van der Waals surface area contributed by atoms with Crippen molar-refractivity contribution in [3.05, 3.63) is 66.2 Å². The van der Waals surface area contributed by atoms with E-state index in [0.717, 1.165) is 33.5 Å². The molecule has 1 N–H and O–H groups in total. The van der Waals surface area contributed by atoms with Crippen LogP contribution in [0.3, 0.4) is 0 Å². The summed E-state index contributed by atoms with van der Waals surface area (Å²) in [6.07, 6.45) is 0. The second-order valence-corrected chi connectivity index (χ2v) is 6.00. The normalized spacial score (nSPS) is 12.2. The van der Waals surface area contributed by atoms with Gasteiger partial charge >= 0.3 is 6.03 Å². The molecule has 25 heavy (non-hydrogen) atoms. The molecule has 0 aromatic heterocycles. The molecule has 0 saturated carbocycles. The number of fused-ring (bicyclic) bond motifs is 2. The van der Waals surface area contributed by atoms with Crippen LogP contribution in [-0.4, -0.2) is 24.8 Å². The number of hydrogen-bond donors (Lipinski definition) is 1. The summed E-state index contributed by atoms with van der Waals surface area (Å²) in [5.74, 6) is 1.46. The molecule has 0 spiro atoms. The zero-order valence-corrected chi connectivity index (χ0v) is 13.9. The second kappa shape index (κ2) is 6.36. The Morgan fingerprint density at radius 2 is 1.84 bits per heavy atom. The molecule has 4 rings (SSSR count). The Balaban J connectivity index is 1.48. The van der Waals surface area contributed by atoms with E-state index in [1.807, 2.05) is 60.7 Å². The summed E-state index contributed by atoms with van der Waals surface area (Å²) < 4.78 is 10.7. The topological polar surface area (TPSA) is 50.8 Å². The molecule has 3 aromatic carbocycles. The number of nitrogens with one attached hydrogen (secondary N) is 1. The molecule has 0 radical (unpaired) electrons. The van der Waals surface area contributed by atoms with Crippen molar-refractivity contribution in [1.82, 2.24) is 4.90 Å². The molecule has 0 aliphatic carbocycles. The van der Waals surface area contributed by atoms with Gasteiger partial charge in [-0.3, -0.25) is 0 Å². The lowest BCUT2D eigenvalue weighted by atomic mass is 10.1. The Hall–Kier alpha value is -3.21. The molecule has 5 heteroatoms. The van der Waals surface area contributed by atoms with Crippen LogP contribution in [0.1, 0.15) is 5.56 Å². The number of carbonyl (C=O) groups is 1. The fraction of sp³-hybridized carbons (Fsp3) is 0.150. The highest BCUT2D eigenvalue weighted by atomic mass is 16.7. The fourth-order valence-corrected chi connectivity index (χ4v) is 2.93. The third kappa shape index (κ3) is 3.08. The molecule has 0 unspecified atom stereocenters. The van der Waals surface area contributed by atoms with Crippen LogP contribution in [0.5, 0.6) is 11.5 Å². The first-order valence-electron chi connectivity index (χ1n) is 8.09. The highest BCUT2D eigenvalue weighted by Crippen LogP contribution is 2.32. The predicted molar refractivity (Wildman–Crippen MR) is 97.0 cm³/mol. The Morgan fingerprint density at radius 3 is 2.76 bits per heavy atom. The summed E-state index contributed by atoms with van der Waals surface area (Å²) in [6.45, 7) is 0.726. The van der Waals surface area contributed by atoms with Gasteiger partial charge in [0.15, 0.2) is 11.5 Å². The van der Waals surface area contributed by atoms with Gasteiger partial charge in [0.2, 0.25) is 6.79 Å². The quantitative estimate of drug-likeness (QED) is 0.780. The minimum absolute atomic E-state index is 0.158. The number of hydrogen-bond acceptors (Lipinski definition) is 3. The van der Waals surface area contributed by atoms with Crippen molar-refractivity contribution < 1.29 is 14.3 Å². The van der Waals surface area contributed by atoms with E-state index in [0.29, 0.717) is 6.54 Å². The van der Waals surface area contributed by atoms with E-state index in [2.05, 4.69) is 5.32 Å². The van der Waals surface area contributed by atoms with Crippen molar-refractivity contribution in [3.63, 3.8) is 0 Å². The number of ether oxygens (including phenoxy) is 2. The molecule has 0 bridgehead atoms. The zero-order valence-electron chi connectivity index (χ0n) is 13.9. The Labute approximate surface area is 145 Å². The van der Waals surface area contributed by atoms with Gasteiger partial charge in [-0.2, -0.15) is 0 Å². The molecule has 2 amide bonds. The number of carbonyl (C=O) groups excluding carboxylic acids is 1.